The largest absolute Gasteiger partial charge is 0.486 e. The highest BCUT2D eigenvalue weighted by atomic mass is 19.2. The number of ether oxygens (including phenoxy) is 2. The van der Waals surface area contributed by atoms with Crippen molar-refractivity contribution in [3.8, 4) is 11.5 Å². The highest BCUT2D eigenvalue weighted by molar-refractivity contribution is 5.98. The van der Waals surface area contributed by atoms with E-state index < -0.39 is 17.7 Å². The Kier molecular flexibility index (Phi) is 5.92. The van der Waals surface area contributed by atoms with Gasteiger partial charge in [0.05, 0.1) is 6.04 Å². The van der Waals surface area contributed by atoms with Gasteiger partial charge in [0.2, 0.25) is 5.91 Å². The standard InChI is InChI=1S/C21H21F2NO4/c1-13(14-3-5-16(22)17(23)11-14)24(2)21(26)8-6-18(25)15-4-7-19-20(12-15)28-10-9-27-19/h3-5,7,11-13H,6,8-10H2,1-2H3. The minimum atomic E-state index is -0.959. The molecule has 0 spiro atoms. The lowest BCUT2D eigenvalue weighted by Gasteiger charge is -2.25. The molecule has 3 rings (SSSR count). The Morgan fingerprint density at radius 1 is 1.00 bits per heavy atom. The van der Waals surface area contributed by atoms with Crippen LogP contribution in [0.15, 0.2) is 36.4 Å². The van der Waals surface area contributed by atoms with Crippen LogP contribution in [0.2, 0.25) is 0 Å². The lowest BCUT2D eigenvalue weighted by atomic mass is 10.0. The maximum absolute atomic E-state index is 13.4. The third-order valence-corrected chi connectivity index (χ3v) is 4.83. The molecule has 2 aromatic rings. The van der Waals surface area contributed by atoms with E-state index in [2.05, 4.69) is 0 Å². The van der Waals surface area contributed by atoms with Crippen molar-refractivity contribution in [2.24, 2.45) is 0 Å². The number of halogens is 2. The molecule has 148 valence electrons. The van der Waals surface area contributed by atoms with E-state index in [1.807, 2.05) is 0 Å². The molecule has 2 aromatic carbocycles. The molecular weight excluding hydrogens is 368 g/mol. The molecule has 0 saturated heterocycles. The van der Waals surface area contributed by atoms with Gasteiger partial charge >= 0.3 is 0 Å². The second kappa shape index (κ2) is 8.37. The van der Waals surface area contributed by atoms with Gasteiger partial charge < -0.3 is 14.4 Å². The third-order valence-electron chi connectivity index (χ3n) is 4.83. The molecule has 1 aliphatic rings. The molecule has 0 aromatic heterocycles. The van der Waals surface area contributed by atoms with E-state index in [0.29, 0.717) is 35.8 Å². The van der Waals surface area contributed by atoms with Crippen molar-refractivity contribution in [2.75, 3.05) is 20.3 Å². The smallest absolute Gasteiger partial charge is 0.223 e. The molecule has 0 N–H and O–H groups in total. The Balaban J connectivity index is 1.59. The molecule has 0 saturated carbocycles. The summed E-state index contributed by atoms with van der Waals surface area (Å²) < 4.78 is 37.4. The minimum Gasteiger partial charge on any atom is -0.486 e. The number of rotatable bonds is 6. The number of amides is 1. The molecule has 1 aliphatic heterocycles. The SMILES string of the molecule is CC(c1ccc(F)c(F)c1)N(C)C(=O)CCC(=O)c1ccc2c(c1)OCCO2. The van der Waals surface area contributed by atoms with Gasteiger partial charge in [-0.2, -0.15) is 0 Å². The molecule has 1 heterocycles. The number of fused-ring (bicyclic) bond motifs is 1. The number of hydrogen-bond donors (Lipinski definition) is 0. The van der Waals surface area contributed by atoms with Crippen LogP contribution >= 0.6 is 0 Å². The number of carbonyl (C=O) groups is 2. The molecule has 28 heavy (non-hydrogen) atoms. The Bertz CT molecular complexity index is 900. The Hall–Kier alpha value is -2.96. The highest BCUT2D eigenvalue weighted by Gasteiger charge is 2.21. The van der Waals surface area contributed by atoms with E-state index in [1.54, 1.807) is 32.2 Å². The maximum Gasteiger partial charge on any atom is 0.223 e. The molecular formula is C21H21F2NO4. The van der Waals surface area contributed by atoms with Crippen LogP contribution in [0.5, 0.6) is 11.5 Å². The molecule has 7 heteroatoms. The topological polar surface area (TPSA) is 55.8 Å². The lowest BCUT2D eigenvalue weighted by molar-refractivity contribution is -0.131. The second-order valence-electron chi connectivity index (χ2n) is 6.64. The van der Waals surface area contributed by atoms with Crippen LogP contribution in [-0.4, -0.2) is 36.9 Å². The molecule has 0 bridgehead atoms. The number of nitrogens with zero attached hydrogens (tertiary/aromatic N) is 1. The van der Waals surface area contributed by atoms with Gasteiger partial charge in [-0.3, -0.25) is 9.59 Å². The second-order valence-corrected chi connectivity index (χ2v) is 6.64. The van der Waals surface area contributed by atoms with Crippen molar-refractivity contribution in [1.29, 1.82) is 0 Å². The first-order valence-corrected chi connectivity index (χ1v) is 9.00. The summed E-state index contributed by atoms with van der Waals surface area (Å²) in [6.45, 7) is 2.61. The minimum absolute atomic E-state index is 0.0117. The normalized spacial score (nSPS) is 13.7. The Morgan fingerprint density at radius 3 is 2.43 bits per heavy atom. The highest BCUT2D eigenvalue weighted by Crippen LogP contribution is 2.31. The van der Waals surface area contributed by atoms with E-state index in [4.69, 9.17) is 9.47 Å². The number of carbonyl (C=O) groups excluding carboxylic acids is 2. The number of Topliss-reactive ketones (excluding diaryl/α,β-unsaturated/α-hetero) is 1. The summed E-state index contributed by atoms with van der Waals surface area (Å²) >= 11 is 0. The van der Waals surface area contributed by atoms with Gasteiger partial charge in [-0.05, 0) is 42.8 Å². The Morgan fingerprint density at radius 2 is 1.71 bits per heavy atom. The fraction of sp³-hybridized carbons (Fsp3) is 0.333. The van der Waals surface area contributed by atoms with Crippen LogP contribution in [0.4, 0.5) is 8.78 Å². The first-order valence-electron chi connectivity index (χ1n) is 9.00. The first kappa shape index (κ1) is 19.8. The van der Waals surface area contributed by atoms with Crippen LogP contribution < -0.4 is 9.47 Å². The van der Waals surface area contributed by atoms with Crippen molar-refractivity contribution in [2.45, 2.75) is 25.8 Å². The summed E-state index contributed by atoms with van der Waals surface area (Å²) in [5.74, 6) is -1.22. The number of benzene rings is 2. The van der Waals surface area contributed by atoms with E-state index >= 15 is 0 Å². The van der Waals surface area contributed by atoms with Crippen molar-refractivity contribution in [3.05, 3.63) is 59.2 Å². The molecule has 0 aliphatic carbocycles. The van der Waals surface area contributed by atoms with Gasteiger partial charge in [-0.1, -0.05) is 6.07 Å². The molecule has 1 unspecified atom stereocenters. The van der Waals surface area contributed by atoms with E-state index in [9.17, 15) is 18.4 Å². The molecule has 1 amide bonds. The molecule has 5 nitrogen and oxygen atoms in total. The fourth-order valence-electron chi connectivity index (χ4n) is 2.97. The van der Waals surface area contributed by atoms with E-state index in [0.717, 1.165) is 12.1 Å². The summed E-state index contributed by atoms with van der Waals surface area (Å²) in [5, 5.41) is 0. The summed E-state index contributed by atoms with van der Waals surface area (Å²) in [6, 6.07) is 8.04. The summed E-state index contributed by atoms with van der Waals surface area (Å²) in [7, 11) is 1.57. The van der Waals surface area contributed by atoms with Crippen molar-refractivity contribution < 1.29 is 27.8 Å². The monoisotopic (exact) mass is 389 g/mol. The van der Waals surface area contributed by atoms with Crippen LogP contribution in [0.25, 0.3) is 0 Å². The zero-order chi connectivity index (χ0) is 20.3. The van der Waals surface area contributed by atoms with Crippen LogP contribution in [-0.2, 0) is 4.79 Å². The van der Waals surface area contributed by atoms with Gasteiger partial charge in [0.15, 0.2) is 28.9 Å². The molecule has 0 radical (unpaired) electrons. The summed E-state index contributed by atoms with van der Waals surface area (Å²) in [6.07, 6.45) is 0.0467. The summed E-state index contributed by atoms with van der Waals surface area (Å²) in [5.41, 5.74) is 0.932. The van der Waals surface area contributed by atoms with Crippen LogP contribution in [0.3, 0.4) is 0 Å². The van der Waals surface area contributed by atoms with Gasteiger partial charge in [0.25, 0.3) is 0 Å². The average Bonchev–Trinajstić information content (AvgIpc) is 2.72. The van der Waals surface area contributed by atoms with E-state index in [-0.39, 0.29) is 24.5 Å². The Labute approximate surface area is 161 Å². The molecule has 1 atom stereocenters. The maximum atomic E-state index is 13.4. The van der Waals surface area contributed by atoms with Gasteiger partial charge in [-0.15, -0.1) is 0 Å². The lowest BCUT2D eigenvalue weighted by Crippen LogP contribution is -2.30. The predicted molar refractivity (Wildman–Crippen MR) is 98.5 cm³/mol. The average molecular weight is 389 g/mol. The third kappa shape index (κ3) is 4.30. The van der Waals surface area contributed by atoms with Gasteiger partial charge in [0, 0.05) is 25.5 Å². The van der Waals surface area contributed by atoms with Crippen molar-refractivity contribution in [3.63, 3.8) is 0 Å². The van der Waals surface area contributed by atoms with E-state index in [1.165, 1.54) is 11.0 Å². The molecule has 0 fully saturated rings. The summed E-state index contributed by atoms with van der Waals surface area (Å²) in [4.78, 5) is 26.3. The first-order chi connectivity index (χ1) is 13.4. The predicted octanol–water partition coefficient (Wildman–Crippen LogP) is 3.92. The quantitative estimate of drug-likeness (QED) is 0.703. The number of ketones is 1. The fourth-order valence-corrected chi connectivity index (χ4v) is 2.97. The zero-order valence-electron chi connectivity index (χ0n) is 15.7. The van der Waals surface area contributed by atoms with Crippen molar-refractivity contribution in [1.82, 2.24) is 4.90 Å². The van der Waals surface area contributed by atoms with Gasteiger partial charge in [0.1, 0.15) is 13.2 Å². The van der Waals surface area contributed by atoms with Gasteiger partial charge in [-0.25, -0.2) is 8.78 Å². The van der Waals surface area contributed by atoms with Crippen molar-refractivity contribution >= 4 is 11.7 Å². The van der Waals surface area contributed by atoms with Crippen LogP contribution in [0.1, 0.15) is 41.7 Å². The number of hydrogen-bond acceptors (Lipinski definition) is 4. The zero-order valence-corrected chi connectivity index (χ0v) is 15.7. The van der Waals surface area contributed by atoms with Crippen LogP contribution in [0, 0.1) is 11.6 Å².